The predicted molar refractivity (Wildman–Crippen MR) is 84.0 cm³/mol. The average molecular weight is 281 g/mol. The maximum absolute atomic E-state index is 6.40. The largest absolute Gasteiger partial charge is 0.371 e. The Morgan fingerprint density at radius 3 is 2.47 bits per heavy atom. The van der Waals surface area contributed by atoms with Crippen LogP contribution in [0.5, 0.6) is 0 Å². The van der Waals surface area contributed by atoms with Gasteiger partial charge in [0.1, 0.15) is 0 Å². The molecule has 0 spiro atoms. The molecule has 0 radical (unpaired) electrons. The Hall–Kier alpha value is -0.730. The summed E-state index contributed by atoms with van der Waals surface area (Å²) in [6, 6.07) is 6.73. The number of anilines is 1. The molecule has 2 nitrogen and oxygen atoms in total. The summed E-state index contributed by atoms with van der Waals surface area (Å²) in [5.41, 5.74) is 2.54. The van der Waals surface area contributed by atoms with Crippen LogP contribution in [0.1, 0.15) is 33.3 Å². The second-order valence-corrected chi connectivity index (χ2v) is 6.54. The van der Waals surface area contributed by atoms with Crippen LogP contribution in [-0.2, 0) is 6.54 Å². The third-order valence-electron chi connectivity index (χ3n) is 4.11. The molecular formula is C16H25ClN2. The molecule has 0 aromatic heterocycles. The zero-order valence-electron chi connectivity index (χ0n) is 12.4. The summed E-state index contributed by atoms with van der Waals surface area (Å²) in [6.07, 6.45) is 0. The molecule has 0 saturated carbocycles. The van der Waals surface area contributed by atoms with Crippen LogP contribution < -0.4 is 10.2 Å². The molecule has 1 N–H and O–H groups in total. The van der Waals surface area contributed by atoms with Crippen LogP contribution in [0.25, 0.3) is 0 Å². The Balaban J connectivity index is 2.22. The smallest absolute Gasteiger partial charge is 0.0471 e. The van der Waals surface area contributed by atoms with Gasteiger partial charge in [-0.1, -0.05) is 45.4 Å². The van der Waals surface area contributed by atoms with E-state index in [2.05, 4.69) is 50.0 Å². The minimum Gasteiger partial charge on any atom is -0.371 e. The first kappa shape index (κ1) is 14.7. The zero-order valence-corrected chi connectivity index (χ0v) is 13.2. The van der Waals surface area contributed by atoms with E-state index in [1.807, 2.05) is 6.07 Å². The van der Waals surface area contributed by atoms with Crippen molar-refractivity contribution in [2.45, 2.75) is 40.3 Å². The molecule has 1 saturated heterocycles. The van der Waals surface area contributed by atoms with Crippen LogP contribution in [0.15, 0.2) is 18.2 Å². The SMILES string of the molecule is CC(C)NCc1c(Cl)cccc1N1CC(C)C(C)C1. The van der Waals surface area contributed by atoms with E-state index in [-0.39, 0.29) is 0 Å². The molecule has 1 aliphatic rings. The molecule has 0 bridgehead atoms. The van der Waals surface area contributed by atoms with Crippen LogP contribution in [0.3, 0.4) is 0 Å². The van der Waals surface area contributed by atoms with Crippen LogP contribution in [0.2, 0.25) is 5.02 Å². The van der Waals surface area contributed by atoms with E-state index in [4.69, 9.17) is 11.6 Å². The van der Waals surface area contributed by atoms with Gasteiger partial charge in [0.15, 0.2) is 0 Å². The normalized spacial score (nSPS) is 23.4. The van der Waals surface area contributed by atoms with Gasteiger partial charge in [0.05, 0.1) is 0 Å². The third kappa shape index (κ3) is 3.43. The van der Waals surface area contributed by atoms with Crippen LogP contribution >= 0.6 is 11.6 Å². The fraction of sp³-hybridized carbons (Fsp3) is 0.625. The monoisotopic (exact) mass is 280 g/mol. The molecule has 2 unspecified atom stereocenters. The van der Waals surface area contributed by atoms with Gasteiger partial charge in [-0.05, 0) is 24.0 Å². The molecule has 1 aliphatic heterocycles. The first-order valence-electron chi connectivity index (χ1n) is 7.24. The summed E-state index contributed by atoms with van der Waals surface area (Å²) in [5.74, 6) is 1.51. The number of hydrogen-bond donors (Lipinski definition) is 1. The molecule has 106 valence electrons. The number of hydrogen-bond acceptors (Lipinski definition) is 2. The molecular weight excluding hydrogens is 256 g/mol. The standard InChI is InChI=1S/C16H25ClN2/c1-11(2)18-8-14-15(17)6-5-7-16(14)19-9-12(3)13(4)10-19/h5-7,11-13,18H,8-10H2,1-4H3. The molecule has 1 fully saturated rings. The van der Waals surface area contributed by atoms with Crippen molar-refractivity contribution in [3.05, 3.63) is 28.8 Å². The Morgan fingerprint density at radius 1 is 1.26 bits per heavy atom. The lowest BCUT2D eigenvalue weighted by molar-refractivity contribution is 0.494. The van der Waals surface area contributed by atoms with Crippen molar-refractivity contribution in [3.8, 4) is 0 Å². The second-order valence-electron chi connectivity index (χ2n) is 6.13. The first-order chi connectivity index (χ1) is 8.99. The fourth-order valence-corrected chi connectivity index (χ4v) is 2.89. The minimum absolute atomic E-state index is 0.473. The molecule has 3 heteroatoms. The van der Waals surface area contributed by atoms with Gasteiger partial charge in [-0.2, -0.15) is 0 Å². The Bertz CT molecular complexity index is 421. The van der Waals surface area contributed by atoms with E-state index < -0.39 is 0 Å². The first-order valence-corrected chi connectivity index (χ1v) is 7.62. The van der Waals surface area contributed by atoms with Crippen molar-refractivity contribution in [2.75, 3.05) is 18.0 Å². The summed E-state index contributed by atoms with van der Waals surface area (Å²) in [7, 11) is 0. The van der Waals surface area contributed by atoms with E-state index >= 15 is 0 Å². The van der Waals surface area contributed by atoms with Gasteiger partial charge in [-0.15, -0.1) is 0 Å². The Morgan fingerprint density at radius 2 is 1.89 bits per heavy atom. The quantitative estimate of drug-likeness (QED) is 0.899. The van der Waals surface area contributed by atoms with Crippen molar-refractivity contribution in [2.24, 2.45) is 11.8 Å². The van der Waals surface area contributed by atoms with Gasteiger partial charge < -0.3 is 10.2 Å². The lowest BCUT2D eigenvalue weighted by atomic mass is 10.0. The lowest BCUT2D eigenvalue weighted by Gasteiger charge is -2.23. The second kappa shape index (κ2) is 6.15. The van der Waals surface area contributed by atoms with Crippen molar-refractivity contribution in [3.63, 3.8) is 0 Å². The summed E-state index contributed by atoms with van der Waals surface area (Å²) >= 11 is 6.40. The highest BCUT2D eigenvalue weighted by Gasteiger charge is 2.27. The van der Waals surface area contributed by atoms with Crippen LogP contribution in [-0.4, -0.2) is 19.1 Å². The van der Waals surface area contributed by atoms with Crippen LogP contribution in [0.4, 0.5) is 5.69 Å². The van der Waals surface area contributed by atoms with Gasteiger partial charge in [0.2, 0.25) is 0 Å². The summed E-state index contributed by atoms with van der Waals surface area (Å²) in [4.78, 5) is 2.48. The van der Waals surface area contributed by atoms with E-state index in [1.165, 1.54) is 11.3 Å². The predicted octanol–water partition coefficient (Wildman–Crippen LogP) is 3.93. The molecule has 1 heterocycles. The van der Waals surface area contributed by atoms with Gasteiger partial charge in [0.25, 0.3) is 0 Å². The molecule has 0 aliphatic carbocycles. The molecule has 0 amide bonds. The Labute approximate surface area is 122 Å². The molecule has 1 aromatic carbocycles. The van der Waals surface area contributed by atoms with Gasteiger partial charge in [0, 0.05) is 41.9 Å². The zero-order chi connectivity index (χ0) is 14.0. The Kier molecular flexibility index (Phi) is 4.75. The van der Waals surface area contributed by atoms with E-state index in [0.717, 1.165) is 36.5 Å². The highest BCUT2D eigenvalue weighted by atomic mass is 35.5. The fourth-order valence-electron chi connectivity index (χ4n) is 2.65. The van der Waals surface area contributed by atoms with E-state index in [0.29, 0.717) is 6.04 Å². The van der Waals surface area contributed by atoms with E-state index in [1.54, 1.807) is 0 Å². The third-order valence-corrected chi connectivity index (χ3v) is 4.46. The highest BCUT2D eigenvalue weighted by Crippen LogP contribution is 2.33. The van der Waals surface area contributed by atoms with Crippen LogP contribution in [0, 0.1) is 11.8 Å². The number of rotatable bonds is 4. The number of benzene rings is 1. The number of halogens is 1. The minimum atomic E-state index is 0.473. The topological polar surface area (TPSA) is 15.3 Å². The van der Waals surface area contributed by atoms with Crippen molar-refractivity contribution < 1.29 is 0 Å². The van der Waals surface area contributed by atoms with Crippen molar-refractivity contribution >= 4 is 17.3 Å². The maximum atomic E-state index is 6.40. The van der Waals surface area contributed by atoms with Crippen molar-refractivity contribution in [1.82, 2.24) is 5.32 Å². The van der Waals surface area contributed by atoms with Gasteiger partial charge in [-0.3, -0.25) is 0 Å². The number of nitrogens with one attached hydrogen (secondary N) is 1. The van der Waals surface area contributed by atoms with E-state index in [9.17, 15) is 0 Å². The maximum Gasteiger partial charge on any atom is 0.0471 e. The molecule has 19 heavy (non-hydrogen) atoms. The van der Waals surface area contributed by atoms with Gasteiger partial charge in [-0.25, -0.2) is 0 Å². The molecule has 2 atom stereocenters. The highest BCUT2D eigenvalue weighted by molar-refractivity contribution is 6.31. The summed E-state index contributed by atoms with van der Waals surface area (Å²) < 4.78 is 0. The average Bonchev–Trinajstić information content (AvgIpc) is 2.67. The van der Waals surface area contributed by atoms with Crippen molar-refractivity contribution in [1.29, 1.82) is 0 Å². The summed E-state index contributed by atoms with van der Waals surface area (Å²) in [5, 5.41) is 4.35. The lowest BCUT2D eigenvalue weighted by Crippen LogP contribution is -2.26. The summed E-state index contributed by atoms with van der Waals surface area (Å²) in [6.45, 7) is 12.1. The molecule has 1 aromatic rings. The molecule has 2 rings (SSSR count). The number of nitrogens with zero attached hydrogens (tertiary/aromatic N) is 1. The van der Waals surface area contributed by atoms with Gasteiger partial charge >= 0.3 is 0 Å².